The van der Waals surface area contributed by atoms with Crippen LogP contribution in [0.1, 0.15) is 20.8 Å². The Bertz CT molecular complexity index is 325. The molecule has 0 aliphatic carbocycles. The zero-order valence-corrected chi connectivity index (χ0v) is 9.77. The molecular weight excluding hydrogens is 214 g/mol. The summed E-state index contributed by atoms with van der Waals surface area (Å²) in [5.74, 6) is -2.15. The zero-order valence-electron chi connectivity index (χ0n) is 9.77. The summed E-state index contributed by atoms with van der Waals surface area (Å²) in [6.07, 6.45) is -1.26. The molecule has 6 nitrogen and oxygen atoms in total. The van der Waals surface area contributed by atoms with Crippen molar-refractivity contribution < 1.29 is 24.5 Å². The second-order valence-corrected chi connectivity index (χ2v) is 4.33. The molecule has 0 spiro atoms. The lowest BCUT2D eigenvalue weighted by Gasteiger charge is -2.39. The maximum Gasteiger partial charge on any atom is 0.337 e. The first-order chi connectivity index (χ1) is 7.21. The van der Waals surface area contributed by atoms with Crippen molar-refractivity contribution in [2.75, 3.05) is 7.11 Å². The number of hydrogen-bond donors (Lipinski definition) is 3. The van der Waals surface area contributed by atoms with Gasteiger partial charge in [0.2, 0.25) is 5.91 Å². The first-order valence-corrected chi connectivity index (χ1v) is 5.02. The maximum absolute atomic E-state index is 11.7. The third-order valence-corrected chi connectivity index (χ3v) is 3.49. The van der Waals surface area contributed by atoms with E-state index < -0.39 is 35.0 Å². The SMILES string of the molecule is COC(=O)[C@]1([C@@H](C)O)NC(=O)[C@@H](C)[C@@]1(C)O. The molecule has 6 heteroatoms. The largest absolute Gasteiger partial charge is 0.467 e. The molecule has 1 aliphatic heterocycles. The second-order valence-electron chi connectivity index (χ2n) is 4.33. The van der Waals surface area contributed by atoms with Crippen LogP contribution in [0, 0.1) is 5.92 Å². The molecule has 0 aromatic rings. The number of aliphatic hydroxyl groups excluding tert-OH is 1. The van der Waals surface area contributed by atoms with Gasteiger partial charge in [-0.2, -0.15) is 0 Å². The lowest BCUT2D eigenvalue weighted by molar-refractivity contribution is -0.169. The third kappa shape index (κ3) is 1.33. The van der Waals surface area contributed by atoms with E-state index in [1.165, 1.54) is 20.8 Å². The Kier molecular flexibility index (Phi) is 3.00. The van der Waals surface area contributed by atoms with Gasteiger partial charge in [-0.25, -0.2) is 4.79 Å². The highest BCUT2D eigenvalue weighted by Crippen LogP contribution is 2.39. The summed E-state index contributed by atoms with van der Waals surface area (Å²) in [5, 5.41) is 22.3. The van der Waals surface area contributed by atoms with Gasteiger partial charge in [0.1, 0.15) is 5.60 Å². The number of nitrogens with one attached hydrogen (secondary N) is 1. The van der Waals surface area contributed by atoms with Crippen LogP contribution in [0.15, 0.2) is 0 Å². The van der Waals surface area contributed by atoms with Crippen LogP contribution in [0.3, 0.4) is 0 Å². The highest BCUT2D eigenvalue weighted by molar-refractivity contribution is 5.96. The first kappa shape index (κ1) is 12.9. The van der Waals surface area contributed by atoms with Crippen molar-refractivity contribution in [1.82, 2.24) is 5.32 Å². The average Bonchev–Trinajstić information content (AvgIpc) is 2.38. The number of ether oxygens (including phenoxy) is 1. The summed E-state index contributed by atoms with van der Waals surface area (Å²) in [5.41, 5.74) is -3.51. The predicted molar refractivity (Wildman–Crippen MR) is 54.4 cm³/mol. The van der Waals surface area contributed by atoms with Gasteiger partial charge in [-0.05, 0) is 13.8 Å². The summed E-state index contributed by atoms with van der Waals surface area (Å²) in [4.78, 5) is 23.3. The molecule has 0 saturated carbocycles. The number of aliphatic hydroxyl groups is 2. The van der Waals surface area contributed by atoms with Crippen LogP contribution >= 0.6 is 0 Å². The first-order valence-electron chi connectivity index (χ1n) is 5.02. The smallest absolute Gasteiger partial charge is 0.337 e. The topological polar surface area (TPSA) is 95.9 Å². The van der Waals surface area contributed by atoms with E-state index in [2.05, 4.69) is 10.1 Å². The number of carbonyl (C=O) groups is 2. The van der Waals surface area contributed by atoms with Crippen LogP contribution in [0.5, 0.6) is 0 Å². The minimum atomic E-state index is -1.81. The third-order valence-electron chi connectivity index (χ3n) is 3.49. The molecular formula is C10H17NO5. The van der Waals surface area contributed by atoms with Crippen LogP contribution in [-0.4, -0.2) is 46.4 Å². The van der Waals surface area contributed by atoms with Crippen molar-refractivity contribution >= 4 is 11.9 Å². The van der Waals surface area contributed by atoms with Gasteiger partial charge in [0.15, 0.2) is 5.54 Å². The lowest BCUT2D eigenvalue weighted by atomic mass is 9.74. The average molecular weight is 231 g/mol. The summed E-state index contributed by atoms with van der Waals surface area (Å²) < 4.78 is 4.56. The van der Waals surface area contributed by atoms with Crippen molar-refractivity contribution in [2.24, 2.45) is 5.92 Å². The highest BCUT2D eigenvalue weighted by atomic mass is 16.5. The number of rotatable bonds is 2. The number of methoxy groups -OCH3 is 1. The van der Waals surface area contributed by atoms with Gasteiger partial charge in [-0.1, -0.05) is 6.92 Å². The van der Waals surface area contributed by atoms with Gasteiger partial charge >= 0.3 is 5.97 Å². The van der Waals surface area contributed by atoms with Crippen LogP contribution in [-0.2, 0) is 14.3 Å². The van der Waals surface area contributed by atoms with Crippen molar-refractivity contribution in [3.05, 3.63) is 0 Å². The van der Waals surface area contributed by atoms with Crippen molar-refractivity contribution in [3.8, 4) is 0 Å². The van der Waals surface area contributed by atoms with Crippen LogP contribution in [0.25, 0.3) is 0 Å². The van der Waals surface area contributed by atoms with Crippen molar-refractivity contribution in [3.63, 3.8) is 0 Å². The van der Waals surface area contributed by atoms with Gasteiger partial charge < -0.3 is 20.3 Å². The maximum atomic E-state index is 11.7. The summed E-state index contributed by atoms with van der Waals surface area (Å²) >= 11 is 0. The Labute approximate surface area is 93.6 Å². The Morgan fingerprint density at radius 1 is 1.62 bits per heavy atom. The van der Waals surface area contributed by atoms with Crippen LogP contribution < -0.4 is 5.32 Å². The molecule has 92 valence electrons. The van der Waals surface area contributed by atoms with Gasteiger partial charge in [-0.3, -0.25) is 4.79 Å². The van der Waals surface area contributed by atoms with E-state index in [1.54, 1.807) is 0 Å². The standard InChI is InChI=1S/C10H17NO5/c1-5-7(13)11-10(6(2)12,8(14)16-4)9(5,3)15/h5-6,12,15H,1-4H3,(H,11,13)/t5-,6-,9-,10+/m1/s1. The molecule has 1 fully saturated rings. The quantitative estimate of drug-likeness (QED) is 0.519. The van der Waals surface area contributed by atoms with E-state index in [4.69, 9.17) is 0 Å². The summed E-state index contributed by atoms with van der Waals surface area (Å²) in [7, 11) is 1.14. The van der Waals surface area contributed by atoms with Gasteiger partial charge in [0, 0.05) is 0 Å². The van der Waals surface area contributed by atoms with Crippen molar-refractivity contribution in [2.45, 2.75) is 38.0 Å². The fraction of sp³-hybridized carbons (Fsp3) is 0.800. The van der Waals surface area contributed by atoms with Gasteiger partial charge in [-0.15, -0.1) is 0 Å². The molecule has 0 bridgehead atoms. The Hall–Kier alpha value is -1.14. The minimum absolute atomic E-state index is 0.490. The molecule has 0 radical (unpaired) electrons. The molecule has 0 aromatic heterocycles. The molecule has 1 amide bonds. The van der Waals surface area contributed by atoms with Crippen LogP contribution in [0.4, 0.5) is 0 Å². The van der Waals surface area contributed by atoms with E-state index in [0.717, 1.165) is 7.11 Å². The Balaban J connectivity index is 3.33. The highest BCUT2D eigenvalue weighted by Gasteiger charge is 2.67. The normalized spacial score (nSPS) is 40.4. The van der Waals surface area contributed by atoms with E-state index in [1.807, 2.05) is 0 Å². The summed E-state index contributed by atoms with van der Waals surface area (Å²) in [6.45, 7) is 4.14. The number of esters is 1. The Morgan fingerprint density at radius 3 is 2.38 bits per heavy atom. The molecule has 3 N–H and O–H groups in total. The van der Waals surface area contributed by atoms with E-state index in [-0.39, 0.29) is 0 Å². The molecule has 1 rings (SSSR count). The zero-order chi connectivity index (χ0) is 12.7. The monoisotopic (exact) mass is 231 g/mol. The minimum Gasteiger partial charge on any atom is -0.467 e. The second kappa shape index (κ2) is 3.71. The molecule has 4 atom stereocenters. The number of carbonyl (C=O) groups excluding carboxylic acids is 2. The van der Waals surface area contributed by atoms with E-state index in [9.17, 15) is 19.8 Å². The molecule has 16 heavy (non-hydrogen) atoms. The van der Waals surface area contributed by atoms with Gasteiger partial charge in [0.25, 0.3) is 0 Å². The van der Waals surface area contributed by atoms with Gasteiger partial charge in [0.05, 0.1) is 19.1 Å². The van der Waals surface area contributed by atoms with E-state index in [0.29, 0.717) is 0 Å². The molecule has 1 saturated heterocycles. The molecule has 1 heterocycles. The predicted octanol–water partition coefficient (Wildman–Crippen LogP) is -1.20. The fourth-order valence-electron chi connectivity index (χ4n) is 2.14. The Morgan fingerprint density at radius 2 is 2.12 bits per heavy atom. The fourth-order valence-corrected chi connectivity index (χ4v) is 2.14. The lowest BCUT2D eigenvalue weighted by Crippen LogP contribution is -2.68. The molecule has 1 aliphatic rings. The van der Waals surface area contributed by atoms with E-state index >= 15 is 0 Å². The molecule has 0 aromatic carbocycles. The molecule has 0 unspecified atom stereocenters. The van der Waals surface area contributed by atoms with Crippen LogP contribution in [0.2, 0.25) is 0 Å². The number of hydrogen-bond acceptors (Lipinski definition) is 5. The van der Waals surface area contributed by atoms with Crippen molar-refractivity contribution in [1.29, 1.82) is 0 Å². The number of amides is 1. The summed E-state index contributed by atoms with van der Waals surface area (Å²) in [6, 6.07) is 0.